The van der Waals surface area contributed by atoms with E-state index in [2.05, 4.69) is 10.6 Å². The summed E-state index contributed by atoms with van der Waals surface area (Å²) >= 11 is 0. The Balaban J connectivity index is 1.69. The van der Waals surface area contributed by atoms with Crippen LogP contribution < -0.4 is 16.4 Å². The van der Waals surface area contributed by atoms with Crippen LogP contribution in [0.2, 0.25) is 0 Å². The minimum Gasteiger partial charge on any atom is -0.338 e. The Kier molecular flexibility index (Phi) is 5.85. The lowest BCUT2D eigenvalue weighted by atomic mass is 9.96. The molecule has 1 aliphatic carbocycles. The number of carbonyl (C=O) groups is 2. The average molecular weight is 296 g/mol. The topological polar surface area (TPSA) is 87.5 Å². The summed E-state index contributed by atoms with van der Waals surface area (Å²) in [4.78, 5) is 25.8. The molecule has 1 saturated heterocycles. The van der Waals surface area contributed by atoms with Gasteiger partial charge >= 0.3 is 6.03 Å². The first-order valence-electron chi connectivity index (χ1n) is 8.14. The average Bonchev–Trinajstić information content (AvgIpc) is 2.87. The number of hydrogen-bond donors (Lipinski definition) is 3. The van der Waals surface area contributed by atoms with Gasteiger partial charge < -0.3 is 21.3 Å². The Morgan fingerprint density at radius 3 is 2.57 bits per heavy atom. The molecule has 6 heteroatoms. The van der Waals surface area contributed by atoms with Gasteiger partial charge in [-0.2, -0.15) is 0 Å². The second kappa shape index (κ2) is 7.64. The molecule has 1 saturated carbocycles. The third kappa shape index (κ3) is 4.59. The Hall–Kier alpha value is -1.30. The molecule has 0 bridgehead atoms. The van der Waals surface area contributed by atoms with Gasteiger partial charge in [0, 0.05) is 18.6 Å². The van der Waals surface area contributed by atoms with Gasteiger partial charge in [-0.05, 0) is 38.6 Å². The Morgan fingerprint density at radius 1 is 1.24 bits per heavy atom. The summed E-state index contributed by atoms with van der Waals surface area (Å²) in [5, 5.41) is 5.64. The van der Waals surface area contributed by atoms with Crippen LogP contribution in [0.4, 0.5) is 4.79 Å². The third-order valence-electron chi connectivity index (χ3n) is 4.66. The summed E-state index contributed by atoms with van der Waals surface area (Å²) in [5.74, 6) is 0.372. The molecule has 0 aromatic heterocycles. The number of rotatable bonds is 4. The van der Waals surface area contributed by atoms with E-state index < -0.39 is 0 Å². The Labute approximate surface area is 126 Å². The summed E-state index contributed by atoms with van der Waals surface area (Å²) in [6, 6.07) is 0.257. The van der Waals surface area contributed by atoms with E-state index in [-0.39, 0.29) is 30.6 Å². The number of nitrogens with zero attached hydrogens (tertiary/aromatic N) is 1. The highest BCUT2D eigenvalue weighted by Gasteiger charge is 2.31. The second-order valence-electron chi connectivity index (χ2n) is 6.39. The predicted octanol–water partition coefficient (Wildman–Crippen LogP) is 0.814. The van der Waals surface area contributed by atoms with E-state index in [1.807, 2.05) is 11.8 Å². The Morgan fingerprint density at radius 2 is 1.95 bits per heavy atom. The summed E-state index contributed by atoms with van der Waals surface area (Å²) in [6.07, 6.45) is 6.65. The van der Waals surface area contributed by atoms with E-state index in [0.29, 0.717) is 19.0 Å². The number of urea groups is 1. The molecule has 120 valence electrons. The van der Waals surface area contributed by atoms with Crippen LogP contribution in [0, 0.1) is 5.92 Å². The fraction of sp³-hybridized carbons (Fsp3) is 0.867. The van der Waals surface area contributed by atoms with Crippen LogP contribution in [0.1, 0.15) is 45.4 Å². The molecule has 1 aliphatic heterocycles. The summed E-state index contributed by atoms with van der Waals surface area (Å²) in [5.41, 5.74) is 5.67. The second-order valence-corrected chi connectivity index (χ2v) is 6.39. The molecule has 0 aromatic rings. The molecule has 1 heterocycles. The number of amides is 3. The van der Waals surface area contributed by atoms with Crippen molar-refractivity contribution in [3.05, 3.63) is 0 Å². The van der Waals surface area contributed by atoms with Crippen LogP contribution in [0.15, 0.2) is 0 Å². The first-order valence-corrected chi connectivity index (χ1v) is 8.14. The van der Waals surface area contributed by atoms with E-state index in [0.717, 1.165) is 19.3 Å². The molecule has 2 fully saturated rings. The molecule has 4 N–H and O–H groups in total. The molecule has 0 radical (unpaired) electrons. The zero-order valence-electron chi connectivity index (χ0n) is 12.9. The highest BCUT2D eigenvalue weighted by atomic mass is 16.2. The normalized spacial score (nSPS) is 26.7. The molecule has 0 spiro atoms. The lowest BCUT2D eigenvalue weighted by Gasteiger charge is -2.24. The first kappa shape index (κ1) is 16.1. The molecule has 21 heavy (non-hydrogen) atoms. The van der Waals surface area contributed by atoms with Crippen molar-refractivity contribution in [1.29, 1.82) is 0 Å². The van der Waals surface area contributed by atoms with Crippen LogP contribution >= 0.6 is 0 Å². The van der Waals surface area contributed by atoms with Gasteiger partial charge in [-0.1, -0.05) is 19.3 Å². The van der Waals surface area contributed by atoms with Gasteiger partial charge in [-0.15, -0.1) is 0 Å². The van der Waals surface area contributed by atoms with Crippen molar-refractivity contribution in [3.63, 3.8) is 0 Å². The van der Waals surface area contributed by atoms with E-state index in [4.69, 9.17) is 5.73 Å². The largest absolute Gasteiger partial charge is 0.338 e. The van der Waals surface area contributed by atoms with Crippen LogP contribution in [0.5, 0.6) is 0 Å². The maximum atomic E-state index is 12.2. The van der Waals surface area contributed by atoms with Crippen molar-refractivity contribution < 1.29 is 9.59 Å². The van der Waals surface area contributed by atoms with E-state index in [1.54, 1.807) is 0 Å². The number of hydrogen-bond acceptors (Lipinski definition) is 3. The molecular weight excluding hydrogens is 268 g/mol. The van der Waals surface area contributed by atoms with E-state index in [9.17, 15) is 9.59 Å². The molecule has 6 nitrogen and oxygen atoms in total. The maximum absolute atomic E-state index is 12.2. The van der Waals surface area contributed by atoms with Crippen molar-refractivity contribution in [2.75, 3.05) is 19.6 Å². The smallest absolute Gasteiger partial charge is 0.315 e. The minimum atomic E-state index is -0.225. The zero-order chi connectivity index (χ0) is 15.2. The van der Waals surface area contributed by atoms with Crippen LogP contribution in [0.25, 0.3) is 0 Å². The molecule has 2 unspecified atom stereocenters. The van der Waals surface area contributed by atoms with Crippen LogP contribution in [0.3, 0.4) is 0 Å². The molecule has 2 aliphatic rings. The summed E-state index contributed by atoms with van der Waals surface area (Å²) in [7, 11) is 0. The number of nitrogens with one attached hydrogen (secondary N) is 2. The molecule has 2 rings (SSSR count). The first-order chi connectivity index (χ1) is 10.1. The fourth-order valence-corrected chi connectivity index (χ4v) is 3.40. The van der Waals surface area contributed by atoms with Gasteiger partial charge in [0.05, 0.1) is 6.54 Å². The lowest BCUT2D eigenvalue weighted by Crippen LogP contribution is -2.47. The molecule has 2 atom stereocenters. The minimum absolute atomic E-state index is 0.0164. The fourth-order valence-electron chi connectivity index (χ4n) is 3.40. The third-order valence-corrected chi connectivity index (χ3v) is 4.66. The Bertz CT molecular complexity index is 369. The zero-order valence-corrected chi connectivity index (χ0v) is 12.9. The van der Waals surface area contributed by atoms with Gasteiger partial charge in [0.2, 0.25) is 5.91 Å². The highest BCUT2D eigenvalue weighted by molar-refractivity contribution is 5.84. The van der Waals surface area contributed by atoms with Gasteiger partial charge in [0.15, 0.2) is 0 Å². The van der Waals surface area contributed by atoms with Crippen molar-refractivity contribution in [3.8, 4) is 0 Å². The van der Waals surface area contributed by atoms with Crippen LogP contribution in [-0.2, 0) is 4.79 Å². The lowest BCUT2D eigenvalue weighted by molar-refractivity contribution is -0.130. The van der Waals surface area contributed by atoms with E-state index >= 15 is 0 Å². The highest BCUT2D eigenvalue weighted by Crippen LogP contribution is 2.21. The van der Waals surface area contributed by atoms with Crippen molar-refractivity contribution >= 4 is 11.9 Å². The SMILES string of the molecule is CC1CC(CN)CN1C(=O)CNC(=O)NC1CCCCC1. The van der Waals surface area contributed by atoms with Crippen LogP contribution in [-0.4, -0.2) is 48.6 Å². The van der Waals surface area contributed by atoms with Gasteiger partial charge in [0.1, 0.15) is 0 Å². The number of carbonyl (C=O) groups excluding carboxylic acids is 2. The maximum Gasteiger partial charge on any atom is 0.315 e. The van der Waals surface area contributed by atoms with Gasteiger partial charge in [-0.25, -0.2) is 4.79 Å². The number of nitrogens with two attached hydrogens (primary N) is 1. The molecule has 0 aromatic carbocycles. The van der Waals surface area contributed by atoms with Crippen molar-refractivity contribution in [1.82, 2.24) is 15.5 Å². The summed E-state index contributed by atoms with van der Waals surface area (Å²) in [6.45, 7) is 3.43. The molecular formula is C15H28N4O2. The quantitative estimate of drug-likeness (QED) is 0.717. The van der Waals surface area contributed by atoms with Crippen molar-refractivity contribution in [2.45, 2.75) is 57.5 Å². The summed E-state index contributed by atoms with van der Waals surface area (Å²) < 4.78 is 0. The van der Waals surface area contributed by atoms with E-state index in [1.165, 1.54) is 19.3 Å². The predicted molar refractivity (Wildman–Crippen MR) is 81.7 cm³/mol. The standard InChI is InChI=1S/C15H28N4O2/c1-11-7-12(8-16)10-19(11)14(20)9-17-15(21)18-13-5-3-2-4-6-13/h11-13H,2-10,16H2,1H3,(H2,17,18,21). The van der Waals surface area contributed by atoms with Gasteiger partial charge in [0.25, 0.3) is 0 Å². The molecule has 3 amide bonds. The van der Waals surface area contributed by atoms with Crippen molar-refractivity contribution in [2.24, 2.45) is 11.7 Å². The van der Waals surface area contributed by atoms with Gasteiger partial charge in [-0.3, -0.25) is 4.79 Å². The monoisotopic (exact) mass is 296 g/mol. The number of likely N-dealkylation sites (tertiary alicyclic amines) is 1.